The van der Waals surface area contributed by atoms with Gasteiger partial charge in [0.15, 0.2) is 0 Å². The minimum absolute atomic E-state index is 0.0455. The molecule has 0 aliphatic heterocycles. The second-order valence-corrected chi connectivity index (χ2v) is 7.42. The Labute approximate surface area is 99.9 Å². The van der Waals surface area contributed by atoms with Crippen LogP contribution in [0.25, 0.3) is 0 Å². The SMILES string of the molecule is Cc1ccc(S(=O)(=O)NC2CCCC2N)s1. The summed E-state index contributed by atoms with van der Waals surface area (Å²) in [7, 11) is -3.37. The van der Waals surface area contributed by atoms with Crippen LogP contribution in [-0.4, -0.2) is 20.5 Å². The Balaban J connectivity index is 2.14. The number of rotatable bonds is 3. The van der Waals surface area contributed by atoms with Crippen molar-refractivity contribution in [2.45, 2.75) is 42.5 Å². The number of hydrogen-bond acceptors (Lipinski definition) is 4. The minimum atomic E-state index is -3.37. The minimum Gasteiger partial charge on any atom is -0.326 e. The molecule has 6 heteroatoms. The maximum atomic E-state index is 12.0. The van der Waals surface area contributed by atoms with E-state index in [-0.39, 0.29) is 12.1 Å². The van der Waals surface area contributed by atoms with Crippen LogP contribution in [-0.2, 0) is 10.0 Å². The van der Waals surface area contributed by atoms with Crippen LogP contribution in [0.5, 0.6) is 0 Å². The van der Waals surface area contributed by atoms with E-state index in [9.17, 15) is 8.42 Å². The van der Waals surface area contributed by atoms with E-state index in [1.165, 1.54) is 11.3 Å². The smallest absolute Gasteiger partial charge is 0.250 e. The van der Waals surface area contributed by atoms with Gasteiger partial charge in [-0.15, -0.1) is 11.3 Å². The lowest BCUT2D eigenvalue weighted by molar-refractivity contribution is 0.523. The average molecular weight is 260 g/mol. The van der Waals surface area contributed by atoms with Gasteiger partial charge >= 0.3 is 0 Å². The molecule has 0 aromatic carbocycles. The molecule has 2 atom stereocenters. The summed E-state index contributed by atoms with van der Waals surface area (Å²) < 4.78 is 27.1. The molecule has 0 bridgehead atoms. The fraction of sp³-hybridized carbons (Fsp3) is 0.600. The molecular weight excluding hydrogens is 244 g/mol. The van der Waals surface area contributed by atoms with Gasteiger partial charge in [-0.2, -0.15) is 0 Å². The third-order valence-electron chi connectivity index (χ3n) is 2.86. The summed E-state index contributed by atoms with van der Waals surface area (Å²) in [6, 6.07) is 3.31. The number of hydrogen-bond donors (Lipinski definition) is 2. The van der Waals surface area contributed by atoms with E-state index in [2.05, 4.69) is 4.72 Å². The molecule has 2 unspecified atom stereocenters. The topological polar surface area (TPSA) is 72.2 Å². The molecule has 0 radical (unpaired) electrons. The molecular formula is C10H16N2O2S2. The molecule has 1 aromatic rings. The standard InChI is InChI=1S/C10H16N2O2S2/c1-7-5-6-10(15-7)16(13,14)12-9-4-2-3-8(9)11/h5-6,8-9,12H,2-4,11H2,1H3. The largest absolute Gasteiger partial charge is 0.326 e. The van der Waals surface area contributed by atoms with Crippen molar-refractivity contribution in [3.63, 3.8) is 0 Å². The first-order chi connectivity index (χ1) is 7.49. The fourth-order valence-corrected chi connectivity index (χ4v) is 4.57. The van der Waals surface area contributed by atoms with Crippen LogP contribution in [0.15, 0.2) is 16.3 Å². The fourth-order valence-electron chi connectivity index (χ4n) is 1.95. The van der Waals surface area contributed by atoms with E-state index >= 15 is 0 Å². The molecule has 2 rings (SSSR count). The Bertz CT molecular complexity index is 467. The third-order valence-corrected chi connectivity index (χ3v) is 5.84. The van der Waals surface area contributed by atoms with Gasteiger partial charge in [0.25, 0.3) is 0 Å². The van der Waals surface area contributed by atoms with Gasteiger partial charge in [-0.3, -0.25) is 0 Å². The Hall–Kier alpha value is -0.430. The van der Waals surface area contributed by atoms with E-state index in [1.807, 2.05) is 13.0 Å². The van der Waals surface area contributed by atoms with Crippen molar-refractivity contribution in [1.29, 1.82) is 0 Å². The van der Waals surface area contributed by atoms with E-state index in [0.29, 0.717) is 4.21 Å². The van der Waals surface area contributed by atoms with Crippen molar-refractivity contribution in [2.24, 2.45) is 5.73 Å². The van der Waals surface area contributed by atoms with Gasteiger partial charge in [0.2, 0.25) is 10.0 Å². The van der Waals surface area contributed by atoms with Gasteiger partial charge in [-0.05, 0) is 31.9 Å². The first kappa shape index (κ1) is 12.0. The highest BCUT2D eigenvalue weighted by Gasteiger charge is 2.29. The van der Waals surface area contributed by atoms with Crippen LogP contribution in [0, 0.1) is 6.92 Å². The van der Waals surface area contributed by atoms with Gasteiger partial charge in [-0.25, -0.2) is 13.1 Å². The number of nitrogens with one attached hydrogen (secondary N) is 1. The second kappa shape index (κ2) is 4.44. The van der Waals surface area contributed by atoms with Crippen molar-refractivity contribution >= 4 is 21.4 Å². The van der Waals surface area contributed by atoms with Crippen LogP contribution < -0.4 is 10.5 Å². The van der Waals surface area contributed by atoms with E-state index in [0.717, 1.165) is 24.1 Å². The number of aryl methyl sites for hydroxylation is 1. The molecule has 1 heterocycles. The summed E-state index contributed by atoms with van der Waals surface area (Å²) >= 11 is 1.29. The molecule has 1 aromatic heterocycles. The summed E-state index contributed by atoms with van der Waals surface area (Å²) in [6.07, 6.45) is 2.74. The lowest BCUT2D eigenvalue weighted by Gasteiger charge is -2.16. The van der Waals surface area contributed by atoms with Gasteiger partial charge in [0.1, 0.15) is 4.21 Å². The highest BCUT2D eigenvalue weighted by molar-refractivity contribution is 7.91. The maximum absolute atomic E-state index is 12.0. The average Bonchev–Trinajstić information content (AvgIpc) is 2.77. The molecule has 1 aliphatic rings. The predicted molar refractivity (Wildman–Crippen MR) is 65.0 cm³/mol. The Kier molecular flexibility index (Phi) is 3.34. The Morgan fingerprint density at radius 1 is 1.44 bits per heavy atom. The van der Waals surface area contributed by atoms with Gasteiger partial charge < -0.3 is 5.73 Å². The van der Waals surface area contributed by atoms with Gasteiger partial charge in [0, 0.05) is 17.0 Å². The normalized spacial score (nSPS) is 26.1. The second-order valence-electron chi connectivity index (χ2n) is 4.19. The number of sulfonamides is 1. The predicted octanol–water partition coefficient (Wildman–Crippen LogP) is 1.21. The Morgan fingerprint density at radius 2 is 2.19 bits per heavy atom. The molecule has 0 saturated heterocycles. The number of thiophene rings is 1. The van der Waals surface area contributed by atoms with Gasteiger partial charge in [-0.1, -0.05) is 6.42 Å². The van der Waals surface area contributed by atoms with Crippen molar-refractivity contribution < 1.29 is 8.42 Å². The van der Waals surface area contributed by atoms with Crippen LogP contribution in [0.2, 0.25) is 0 Å². The lowest BCUT2D eigenvalue weighted by atomic mass is 10.2. The van der Waals surface area contributed by atoms with Crippen LogP contribution in [0.1, 0.15) is 24.1 Å². The zero-order valence-electron chi connectivity index (χ0n) is 9.14. The van der Waals surface area contributed by atoms with Crippen molar-refractivity contribution in [3.8, 4) is 0 Å². The van der Waals surface area contributed by atoms with E-state index < -0.39 is 10.0 Å². The molecule has 16 heavy (non-hydrogen) atoms. The zero-order valence-corrected chi connectivity index (χ0v) is 10.8. The molecule has 4 nitrogen and oxygen atoms in total. The molecule has 90 valence electrons. The summed E-state index contributed by atoms with van der Waals surface area (Å²) in [5.41, 5.74) is 5.85. The molecule has 3 N–H and O–H groups in total. The van der Waals surface area contributed by atoms with Crippen LogP contribution in [0.3, 0.4) is 0 Å². The summed E-state index contributed by atoms with van der Waals surface area (Å²) in [6.45, 7) is 1.89. The lowest BCUT2D eigenvalue weighted by Crippen LogP contribution is -2.43. The molecule has 1 saturated carbocycles. The maximum Gasteiger partial charge on any atom is 0.250 e. The molecule has 1 aliphatic carbocycles. The van der Waals surface area contributed by atoms with Gasteiger partial charge in [0.05, 0.1) is 0 Å². The summed E-state index contributed by atoms with van der Waals surface area (Å²) in [5, 5.41) is 0. The van der Waals surface area contributed by atoms with E-state index in [4.69, 9.17) is 5.73 Å². The van der Waals surface area contributed by atoms with Crippen LogP contribution >= 0.6 is 11.3 Å². The number of nitrogens with two attached hydrogens (primary N) is 1. The van der Waals surface area contributed by atoms with Crippen molar-refractivity contribution in [3.05, 3.63) is 17.0 Å². The third kappa shape index (κ3) is 2.45. The molecule has 0 amide bonds. The van der Waals surface area contributed by atoms with Crippen molar-refractivity contribution in [1.82, 2.24) is 4.72 Å². The Morgan fingerprint density at radius 3 is 2.69 bits per heavy atom. The summed E-state index contributed by atoms with van der Waals surface area (Å²) in [4.78, 5) is 0.996. The van der Waals surface area contributed by atoms with Crippen molar-refractivity contribution in [2.75, 3.05) is 0 Å². The highest BCUT2D eigenvalue weighted by atomic mass is 32.2. The monoisotopic (exact) mass is 260 g/mol. The first-order valence-electron chi connectivity index (χ1n) is 5.33. The quantitative estimate of drug-likeness (QED) is 0.858. The molecule has 0 spiro atoms. The van der Waals surface area contributed by atoms with E-state index in [1.54, 1.807) is 6.07 Å². The molecule has 1 fully saturated rings. The first-order valence-corrected chi connectivity index (χ1v) is 7.63. The zero-order chi connectivity index (χ0) is 11.8. The van der Waals surface area contributed by atoms with Crippen LogP contribution in [0.4, 0.5) is 0 Å². The highest BCUT2D eigenvalue weighted by Crippen LogP contribution is 2.23. The summed E-state index contributed by atoms with van der Waals surface area (Å²) in [5.74, 6) is 0.